The van der Waals surface area contributed by atoms with Crippen molar-refractivity contribution in [3.05, 3.63) is 98.5 Å². The first-order chi connectivity index (χ1) is 15.2. The molecule has 8 nitrogen and oxygen atoms in total. The van der Waals surface area contributed by atoms with Crippen LogP contribution in [0.5, 0.6) is 0 Å². The topological polar surface area (TPSA) is 110 Å². The fraction of sp³-hybridized carbons (Fsp3) is 0.0952. The SMILES string of the molecule is O=C(CN(Cc1ccc(Cl)cc1Cl)S(=O)(=O)c1ccccc1)Nc1cccc([N+](=O)[O-])c1. The van der Waals surface area contributed by atoms with Gasteiger partial charge in [0, 0.05) is 34.4 Å². The van der Waals surface area contributed by atoms with E-state index in [2.05, 4.69) is 5.32 Å². The van der Waals surface area contributed by atoms with Gasteiger partial charge >= 0.3 is 0 Å². The Morgan fingerprint density at radius 1 is 1.00 bits per heavy atom. The summed E-state index contributed by atoms with van der Waals surface area (Å²) in [6, 6.07) is 17.6. The molecule has 0 bridgehead atoms. The second-order valence-electron chi connectivity index (χ2n) is 6.68. The van der Waals surface area contributed by atoms with Crippen LogP contribution >= 0.6 is 23.2 Å². The molecule has 3 aromatic rings. The van der Waals surface area contributed by atoms with Crippen LogP contribution in [0, 0.1) is 10.1 Å². The van der Waals surface area contributed by atoms with Crippen LogP contribution in [0.4, 0.5) is 11.4 Å². The van der Waals surface area contributed by atoms with Gasteiger partial charge in [0.25, 0.3) is 5.69 Å². The van der Waals surface area contributed by atoms with Crippen LogP contribution in [-0.4, -0.2) is 30.1 Å². The maximum Gasteiger partial charge on any atom is 0.271 e. The Balaban J connectivity index is 1.89. The molecule has 0 saturated heterocycles. The molecular formula is C21H17Cl2N3O5S. The predicted octanol–water partition coefficient (Wildman–Crippen LogP) is 4.73. The lowest BCUT2D eigenvalue weighted by atomic mass is 10.2. The van der Waals surface area contributed by atoms with Gasteiger partial charge in [0.15, 0.2) is 0 Å². The Morgan fingerprint density at radius 3 is 2.38 bits per heavy atom. The minimum Gasteiger partial charge on any atom is -0.325 e. The van der Waals surface area contributed by atoms with Crippen LogP contribution in [0.25, 0.3) is 0 Å². The molecule has 0 aliphatic heterocycles. The van der Waals surface area contributed by atoms with Gasteiger partial charge in [-0.15, -0.1) is 0 Å². The third-order valence-corrected chi connectivity index (χ3v) is 6.80. The van der Waals surface area contributed by atoms with Crippen LogP contribution in [-0.2, 0) is 21.4 Å². The third-order valence-electron chi connectivity index (χ3n) is 4.40. The Morgan fingerprint density at radius 2 is 1.72 bits per heavy atom. The second kappa shape index (κ2) is 10.1. The number of nitrogens with zero attached hydrogens (tertiary/aromatic N) is 2. The van der Waals surface area contributed by atoms with Crippen molar-refractivity contribution >= 4 is 50.5 Å². The van der Waals surface area contributed by atoms with Crippen LogP contribution < -0.4 is 5.32 Å². The van der Waals surface area contributed by atoms with Crippen LogP contribution in [0.15, 0.2) is 77.7 Å². The van der Waals surface area contributed by atoms with Crippen molar-refractivity contribution in [1.82, 2.24) is 4.31 Å². The van der Waals surface area contributed by atoms with Crippen molar-refractivity contribution in [3.63, 3.8) is 0 Å². The zero-order valence-corrected chi connectivity index (χ0v) is 18.8. The lowest BCUT2D eigenvalue weighted by molar-refractivity contribution is -0.384. The molecule has 0 fully saturated rings. The molecule has 0 spiro atoms. The average molecular weight is 494 g/mol. The van der Waals surface area contributed by atoms with Crippen molar-refractivity contribution in [1.29, 1.82) is 0 Å². The van der Waals surface area contributed by atoms with E-state index in [0.717, 1.165) is 4.31 Å². The molecule has 3 aromatic carbocycles. The molecule has 1 amide bonds. The number of nitro groups is 1. The zero-order chi connectivity index (χ0) is 23.3. The van der Waals surface area contributed by atoms with Crippen LogP contribution in [0.3, 0.4) is 0 Å². The molecule has 166 valence electrons. The molecule has 0 atom stereocenters. The van der Waals surface area contributed by atoms with E-state index in [-0.39, 0.29) is 27.8 Å². The molecule has 0 saturated carbocycles. The number of carbonyl (C=O) groups excluding carboxylic acids is 1. The van der Waals surface area contributed by atoms with Crippen LogP contribution in [0.1, 0.15) is 5.56 Å². The number of halogens is 2. The molecule has 0 unspecified atom stereocenters. The number of sulfonamides is 1. The van der Waals surface area contributed by atoms with Gasteiger partial charge in [0.1, 0.15) is 0 Å². The third kappa shape index (κ3) is 5.83. The Bertz CT molecular complexity index is 1250. The quantitative estimate of drug-likeness (QED) is 0.360. The smallest absolute Gasteiger partial charge is 0.271 e. The van der Waals surface area contributed by atoms with Gasteiger partial charge in [0.2, 0.25) is 15.9 Å². The molecule has 3 rings (SSSR count). The number of nitro benzene ring substituents is 1. The van der Waals surface area contributed by atoms with Crippen molar-refractivity contribution in [2.75, 3.05) is 11.9 Å². The van der Waals surface area contributed by atoms with E-state index in [1.807, 2.05) is 0 Å². The van der Waals surface area contributed by atoms with E-state index in [4.69, 9.17) is 23.2 Å². The average Bonchev–Trinajstić information content (AvgIpc) is 2.75. The highest BCUT2D eigenvalue weighted by Gasteiger charge is 2.27. The van der Waals surface area contributed by atoms with Gasteiger partial charge in [-0.05, 0) is 35.9 Å². The molecule has 0 aliphatic carbocycles. The highest BCUT2D eigenvalue weighted by molar-refractivity contribution is 7.89. The fourth-order valence-corrected chi connectivity index (χ4v) is 4.73. The number of hydrogen-bond donors (Lipinski definition) is 1. The summed E-state index contributed by atoms with van der Waals surface area (Å²) in [6.45, 7) is -0.728. The van der Waals surface area contributed by atoms with E-state index >= 15 is 0 Å². The highest BCUT2D eigenvalue weighted by Crippen LogP contribution is 2.25. The summed E-state index contributed by atoms with van der Waals surface area (Å²) >= 11 is 12.1. The first kappa shape index (κ1) is 23.7. The summed E-state index contributed by atoms with van der Waals surface area (Å²) in [7, 11) is -4.06. The van der Waals surface area contributed by atoms with Gasteiger partial charge in [-0.25, -0.2) is 8.42 Å². The number of carbonyl (C=O) groups is 1. The van der Waals surface area contributed by atoms with Crippen molar-refractivity contribution in [2.45, 2.75) is 11.4 Å². The van der Waals surface area contributed by atoms with E-state index in [1.54, 1.807) is 30.3 Å². The van der Waals surface area contributed by atoms with Gasteiger partial charge < -0.3 is 5.32 Å². The summed E-state index contributed by atoms with van der Waals surface area (Å²) in [5.41, 5.74) is 0.425. The molecule has 1 N–H and O–H groups in total. The van der Waals surface area contributed by atoms with E-state index in [1.165, 1.54) is 42.5 Å². The zero-order valence-electron chi connectivity index (χ0n) is 16.4. The van der Waals surface area contributed by atoms with Crippen LogP contribution in [0.2, 0.25) is 10.0 Å². The summed E-state index contributed by atoms with van der Waals surface area (Å²) in [6.07, 6.45) is 0. The minimum atomic E-state index is -4.06. The Hall–Kier alpha value is -2.98. The Labute approximate surface area is 194 Å². The largest absolute Gasteiger partial charge is 0.325 e. The number of non-ortho nitro benzene ring substituents is 1. The second-order valence-corrected chi connectivity index (χ2v) is 9.46. The molecule has 0 aliphatic rings. The van der Waals surface area contributed by atoms with E-state index in [9.17, 15) is 23.3 Å². The molecule has 11 heteroatoms. The molecular weight excluding hydrogens is 477 g/mol. The number of hydrogen-bond acceptors (Lipinski definition) is 5. The van der Waals surface area contributed by atoms with Crippen molar-refractivity contribution < 1.29 is 18.1 Å². The first-order valence-electron chi connectivity index (χ1n) is 9.20. The molecule has 0 heterocycles. The van der Waals surface area contributed by atoms with Crippen molar-refractivity contribution in [2.24, 2.45) is 0 Å². The standard InChI is InChI=1S/C21H17Cl2N3O5S/c22-16-10-9-15(20(23)11-16)13-25(32(30,31)19-7-2-1-3-8-19)14-21(27)24-17-5-4-6-18(12-17)26(28)29/h1-12H,13-14H2,(H,24,27). The monoisotopic (exact) mass is 493 g/mol. The molecule has 0 aromatic heterocycles. The molecule has 0 radical (unpaired) electrons. The van der Waals surface area contributed by atoms with Gasteiger partial charge in [-0.3, -0.25) is 14.9 Å². The maximum atomic E-state index is 13.2. The minimum absolute atomic E-state index is 0.00762. The molecule has 32 heavy (non-hydrogen) atoms. The number of amides is 1. The summed E-state index contributed by atoms with van der Waals surface area (Å²) in [4.78, 5) is 23.0. The van der Waals surface area contributed by atoms with Gasteiger partial charge in [0.05, 0.1) is 16.4 Å². The lowest BCUT2D eigenvalue weighted by Crippen LogP contribution is -2.37. The number of nitrogens with one attached hydrogen (secondary N) is 1. The highest BCUT2D eigenvalue weighted by atomic mass is 35.5. The first-order valence-corrected chi connectivity index (χ1v) is 11.4. The number of rotatable bonds is 8. The number of anilines is 1. The predicted molar refractivity (Wildman–Crippen MR) is 122 cm³/mol. The van der Waals surface area contributed by atoms with E-state index < -0.39 is 27.4 Å². The lowest BCUT2D eigenvalue weighted by Gasteiger charge is -2.22. The van der Waals surface area contributed by atoms with E-state index in [0.29, 0.717) is 10.6 Å². The summed E-state index contributed by atoms with van der Waals surface area (Å²) in [5, 5.41) is 14.1. The van der Waals surface area contributed by atoms with Gasteiger partial charge in [-0.2, -0.15) is 4.31 Å². The van der Waals surface area contributed by atoms with Gasteiger partial charge in [-0.1, -0.05) is 53.5 Å². The summed E-state index contributed by atoms with van der Waals surface area (Å²) < 4.78 is 27.4. The normalized spacial score (nSPS) is 11.3. The maximum absolute atomic E-state index is 13.2. The fourth-order valence-electron chi connectivity index (χ4n) is 2.87. The number of benzene rings is 3. The Kier molecular flexibility index (Phi) is 7.47. The summed E-state index contributed by atoms with van der Waals surface area (Å²) in [5.74, 6) is -0.671. The van der Waals surface area contributed by atoms with Crippen molar-refractivity contribution in [3.8, 4) is 0 Å².